The van der Waals surface area contributed by atoms with E-state index in [4.69, 9.17) is 11.6 Å². The van der Waals surface area contributed by atoms with Crippen molar-refractivity contribution in [3.63, 3.8) is 0 Å². The summed E-state index contributed by atoms with van der Waals surface area (Å²) in [6, 6.07) is 10.7. The molecule has 3 rings (SSSR count). The number of hydrogen-bond acceptors (Lipinski definition) is 6. The number of sulfonamides is 1. The van der Waals surface area contributed by atoms with Crippen LogP contribution in [0.5, 0.6) is 0 Å². The highest BCUT2D eigenvalue weighted by Crippen LogP contribution is 2.29. The third kappa shape index (κ3) is 5.79. The van der Waals surface area contributed by atoms with Crippen LogP contribution in [0.3, 0.4) is 0 Å². The highest BCUT2D eigenvalue weighted by Gasteiger charge is 2.22. The second-order valence-corrected chi connectivity index (χ2v) is 12.2. The molecule has 32 heavy (non-hydrogen) atoms. The van der Waals surface area contributed by atoms with Crippen LogP contribution in [0.4, 0.5) is 5.69 Å². The molecule has 0 aliphatic rings. The van der Waals surface area contributed by atoms with Crippen molar-refractivity contribution in [2.75, 3.05) is 30.1 Å². The van der Waals surface area contributed by atoms with Gasteiger partial charge >= 0.3 is 0 Å². The summed E-state index contributed by atoms with van der Waals surface area (Å²) in [6.45, 7) is 5.77. The first kappa shape index (κ1) is 24.9. The van der Waals surface area contributed by atoms with Gasteiger partial charge < -0.3 is 4.90 Å². The summed E-state index contributed by atoms with van der Waals surface area (Å²) in [6.07, 6.45) is 1.51. The number of pyridine rings is 1. The average molecular weight is 561 g/mol. The van der Waals surface area contributed by atoms with E-state index in [1.807, 2.05) is 18.7 Å². The summed E-state index contributed by atoms with van der Waals surface area (Å²) in [4.78, 5) is 6.12. The zero-order valence-electron chi connectivity index (χ0n) is 17.5. The molecular formula is C21H23BrClN3O4S2. The topological polar surface area (TPSA) is 96.4 Å². The van der Waals surface area contributed by atoms with Crippen LogP contribution in [0.2, 0.25) is 5.02 Å². The Balaban J connectivity index is 1.96. The van der Waals surface area contributed by atoms with Crippen LogP contribution in [-0.2, 0) is 19.9 Å². The second-order valence-electron chi connectivity index (χ2n) is 7.11. The summed E-state index contributed by atoms with van der Waals surface area (Å²) < 4.78 is 55.0. The molecule has 1 aromatic heterocycles. The maximum Gasteiger partial charge on any atom is 0.264 e. The minimum atomic E-state index is -4.08. The van der Waals surface area contributed by atoms with E-state index < -0.39 is 19.9 Å². The number of nitrogens with zero attached hydrogens (tertiary/aromatic N) is 2. The molecule has 1 heterocycles. The van der Waals surface area contributed by atoms with Crippen molar-refractivity contribution in [1.82, 2.24) is 9.88 Å². The van der Waals surface area contributed by atoms with E-state index >= 15 is 0 Å². The molecule has 0 unspecified atom stereocenters. The van der Waals surface area contributed by atoms with Crippen LogP contribution in [0.15, 0.2) is 62.9 Å². The number of rotatable bonds is 9. The molecule has 1 N–H and O–H groups in total. The monoisotopic (exact) mass is 559 g/mol. The fourth-order valence-corrected chi connectivity index (χ4v) is 6.77. The highest BCUT2D eigenvalue weighted by atomic mass is 79.9. The first-order valence-electron chi connectivity index (χ1n) is 9.88. The summed E-state index contributed by atoms with van der Waals surface area (Å²) in [5.74, 6) is -0.0958. The van der Waals surface area contributed by atoms with E-state index in [-0.39, 0.29) is 26.3 Å². The molecule has 0 bridgehead atoms. The number of benzene rings is 2. The Morgan fingerprint density at radius 2 is 1.78 bits per heavy atom. The zero-order valence-corrected chi connectivity index (χ0v) is 21.5. The first-order chi connectivity index (χ1) is 15.1. The Morgan fingerprint density at radius 3 is 2.47 bits per heavy atom. The Hall–Kier alpha value is -1.72. The number of halogens is 2. The lowest BCUT2D eigenvalue weighted by molar-refractivity contribution is 0.321. The molecule has 7 nitrogen and oxygen atoms in total. The number of anilines is 1. The molecule has 0 saturated carbocycles. The fourth-order valence-electron chi connectivity index (χ4n) is 3.25. The first-order valence-corrected chi connectivity index (χ1v) is 14.2. The van der Waals surface area contributed by atoms with Gasteiger partial charge in [-0.2, -0.15) is 0 Å². The van der Waals surface area contributed by atoms with Crippen molar-refractivity contribution in [3.05, 3.63) is 58.2 Å². The van der Waals surface area contributed by atoms with Gasteiger partial charge in [0, 0.05) is 27.6 Å². The lowest BCUT2D eigenvalue weighted by Crippen LogP contribution is -2.29. The minimum Gasteiger partial charge on any atom is -0.303 e. The van der Waals surface area contributed by atoms with Gasteiger partial charge in [0.05, 0.1) is 21.9 Å². The molecule has 0 atom stereocenters. The number of fused-ring (bicyclic) bond motifs is 1. The molecular weight excluding hydrogens is 538 g/mol. The molecule has 172 valence electrons. The van der Waals surface area contributed by atoms with Crippen molar-refractivity contribution >= 4 is 64.0 Å². The van der Waals surface area contributed by atoms with Gasteiger partial charge in [-0.05, 0) is 49.5 Å². The van der Waals surface area contributed by atoms with Crippen LogP contribution >= 0.6 is 27.5 Å². The number of hydrogen-bond donors (Lipinski definition) is 1. The number of aromatic nitrogens is 1. The van der Waals surface area contributed by atoms with Gasteiger partial charge in [0.2, 0.25) is 0 Å². The van der Waals surface area contributed by atoms with Crippen LogP contribution < -0.4 is 4.72 Å². The van der Waals surface area contributed by atoms with E-state index in [9.17, 15) is 16.8 Å². The standard InChI is InChI=1S/C21H23BrClN3O4S2/c1-3-26(4-2)8-9-31(27,28)19-13-17(23)12-18(14-19)25-32(29,30)20-11-16(22)10-15-6-5-7-24-21(15)20/h5-7,10-14,25H,3-4,8-9H2,1-2H3. The lowest BCUT2D eigenvalue weighted by atomic mass is 10.2. The molecule has 0 saturated heterocycles. The Bertz CT molecular complexity index is 1340. The van der Waals surface area contributed by atoms with E-state index in [0.717, 1.165) is 13.1 Å². The van der Waals surface area contributed by atoms with E-state index in [0.29, 0.717) is 21.9 Å². The van der Waals surface area contributed by atoms with E-state index in [1.165, 1.54) is 30.5 Å². The van der Waals surface area contributed by atoms with Crippen molar-refractivity contribution in [2.24, 2.45) is 0 Å². The van der Waals surface area contributed by atoms with Crippen LogP contribution in [-0.4, -0.2) is 52.1 Å². The highest BCUT2D eigenvalue weighted by molar-refractivity contribution is 9.10. The summed E-state index contributed by atoms with van der Waals surface area (Å²) in [5.41, 5.74) is 0.361. The number of nitrogens with one attached hydrogen (secondary N) is 1. The Morgan fingerprint density at radius 1 is 1.06 bits per heavy atom. The maximum atomic E-state index is 13.2. The molecule has 0 spiro atoms. The van der Waals surface area contributed by atoms with Gasteiger partial charge in [0.25, 0.3) is 10.0 Å². The largest absolute Gasteiger partial charge is 0.303 e. The summed E-state index contributed by atoms with van der Waals surface area (Å²) in [7, 11) is -7.74. The van der Waals surface area contributed by atoms with Gasteiger partial charge in [-0.25, -0.2) is 16.8 Å². The molecule has 0 radical (unpaired) electrons. The predicted octanol–water partition coefficient (Wildman–Crippen LogP) is 4.57. The van der Waals surface area contributed by atoms with Gasteiger partial charge in [-0.3, -0.25) is 9.71 Å². The third-order valence-corrected chi connectivity index (χ3v) is 8.72. The second kappa shape index (κ2) is 10.0. The molecule has 3 aromatic rings. The normalized spacial score (nSPS) is 12.4. The van der Waals surface area contributed by atoms with Crippen LogP contribution in [0, 0.1) is 0 Å². The fraction of sp³-hybridized carbons (Fsp3) is 0.286. The SMILES string of the molecule is CCN(CC)CCS(=O)(=O)c1cc(Cl)cc(NS(=O)(=O)c2cc(Br)cc3cccnc23)c1. The molecule has 0 amide bonds. The average Bonchev–Trinajstić information content (AvgIpc) is 2.73. The summed E-state index contributed by atoms with van der Waals surface area (Å²) in [5, 5.41) is 0.761. The van der Waals surface area contributed by atoms with Crippen molar-refractivity contribution in [2.45, 2.75) is 23.6 Å². The van der Waals surface area contributed by atoms with Gasteiger partial charge in [0.1, 0.15) is 4.90 Å². The maximum absolute atomic E-state index is 13.2. The quantitative estimate of drug-likeness (QED) is 0.412. The molecule has 11 heteroatoms. The predicted molar refractivity (Wildman–Crippen MR) is 132 cm³/mol. The van der Waals surface area contributed by atoms with Crippen molar-refractivity contribution < 1.29 is 16.8 Å². The Labute approximate surface area is 201 Å². The van der Waals surface area contributed by atoms with E-state index in [2.05, 4.69) is 25.6 Å². The third-order valence-electron chi connectivity index (χ3n) is 4.98. The van der Waals surface area contributed by atoms with Crippen molar-refractivity contribution in [3.8, 4) is 0 Å². The molecule has 0 fully saturated rings. The van der Waals surface area contributed by atoms with Gasteiger partial charge in [0.15, 0.2) is 9.84 Å². The zero-order chi connectivity index (χ0) is 23.5. The van der Waals surface area contributed by atoms with Gasteiger partial charge in [-0.15, -0.1) is 0 Å². The minimum absolute atomic E-state index is 0.0339. The van der Waals surface area contributed by atoms with Crippen molar-refractivity contribution in [1.29, 1.82) is 0 Å². The molecule has 0 aliphatic carbocycles. The van der Waals surface area contributed by atoms with Crippen LogP contribution in [0.1, 0.15) is 13.8 Å². The van der Waals surface area contributed by atoms with E-state index in [1.54, 1.807) is 18.2 Å². The summed E-state index contributed by atoms with van der Waals surface area (Å²) >= 11 is 9.47. The smallest absolute Gasteiger partial charge is 0.264 e. The Kier molecular flexibility index (Phi) is 7.82. The van der Waals surface area contributed by atoms with Crippen LogP contribution in [0.25, 0.3) is 10.9 Å². The molecule has 2 aromatic carbocycles. The lowest BCUT2D eigenvalue weighted by Gasteiger charge is -2.18. The molecule has 0 aliphatic heterocycles. The number of sulfone groups is 1. The van der Waals surface area contributed by atoms with Gasteiger partial charge in [-0.1, -0.05) is 47.4 Å².